The topological polar surface area (TPSA) is 132 Å². The van der Waals surface area contributed by atoms with Crippen LogP contribution < -0.4 is 0 Å². The van der Waals surface area contributed by atoms with E-state index in [1.807, 2.05) is 0 Å². The summed E-state index contributed by atoms with van der Waals surface area (Å²) in [5, 5.41) is 21.0. The van der Waals surface area contributed by atoms with E-state index in [9.17, 15) is 19.8 Å². The molecule has 0 aliphatic rings. The molecule has 9 nitrogen and oxygen atoms in total. The molecule has 0 bridgehead atoms. The Labute approximate surface area is 194 Å². The van der Waals surface area contributed by atoms with Crippen molar-refractivity contribution in [1.82, 2.24) is 15.0 Å². The van der Waals surface area contributed by atoms with Crippen LogP contribution in [-0.4, -0.2) is 51.3 Å². The summed E-state index contributed by atoms with van der Waals surface area (Å²) in [7, 11) is 2.52. The van der Waals surface area contributed by atoms with E-state index in [0.717, 1.165) is 0 Å². The quantitative estimate of drug-likeness (QED) is 0.429. The Morgan fingerprint density at radius 3 is 1.97 bits per heavy atom. The first-order valence-electron chi connectivity index (χ1n) is 10.1. The molecule has 0 radical (unpaired) electrons. The zero-order valence-corrected chi connectivity index (χ0v) is 18.2. The third-order valence-corrected chi connectivity index (χ3v) is 5.02. The predicted octanol–water partition coefficient (Wildman–Crippen LogP) is 3.86. The molecular weight excluding hydrogens is 438 g/mol. The summed E-state index contributed by atoms with van der Waals surface area (Å²) < 4.78 is 9.57. The molecule has 0 saturated heterocycles. The van der Waals surface area contributed by atoms with Crippen molar-refractivity contribution in [3.05, 3.63) is 77.9 Å². The molecule has 4 rings (SSSR count). The van der Waals surface area contributed by atoms with Crippen molar-refractivity contribution in [3.63, 3.8) is 0 Å². The molecule has 170 valence electrons. The molecule has 0 saturated carbocycles. The number of phenols is 2. The second-order valence-corrected chi connectivity index (χ2v) is 7.08. The van der Waals surface area contributed by atoms with E-state index in [1.165, 1.54) is 38.5 Å². The molecule has 9 heteroatoms. The number of aromatic nitrogens is 3. The minimum Gasteiger partial charge on any atom is -0.507 e. The summed E-state index contributed by atoms with van der Waals surface area (Å²) in [5.74, 6) is -1.15. The van der Waals surface area contributed by atoms with Crippen LogP contribution in [0, 0.1) is 0 Å². The first kappa shape index (κ1) is 22.4. The van der Waals surface area contributed by atoms with Crippen molar-refractivity contribution in [1.29, 1.82) is 0 Å². The lowest BCUT2D eigenvalue weighted by Gasteiger charge is -2.12. The van der Waals surface area contributed by atoms with Crippen LogP contribution in [0.25, 0.3) is 34.2 Å². The van der Waals surface area contributed by atoms with Gasteiger partial charge in [-0.3, -0.25) is 0 Å². The Morgan fingerprint density at radius 2 is 1.29 bits per heavy atom. The molecule has 2 N–H and O–H groups in total. The highest BCUT2D eigenvalue weighted by Crippen LogP contribution is 2.34. The molecule has 1 heterocycles. The highest BCUT2D eigenvalue weighted by molar-refractivity contribution is 5.98. The third-order valence-electron chi connectivity index (χ3n) is 5.02. The van der Waals surface area contributed by atoms with Gasteiger partial charge in [0.05, 0.1) is 36.5 Å². The predicted molar refractivity (Wildman–Crippen MR) is 122 cm³/mol. The number of carbonyl (C=O) groups is 2. The second kappa shape index (κ2) is 9.37. The number of esters is 2. The number of methoxy groups -OCH3 is 2. The number of hydrogen-bond donors (Lipinski definition) is 2. The van der Waals surface area contributed by atoms with E-state index in [4.69, 9.17) is 9.47 Å². The maximum atomic E-state index is 12.4. The fourth-order valence-corrected chi connectivity index (χ4v) is 3.33. The number of phenolic OH excluding ortho intramolecular Hbond substituents is 2. The fourth-order valence-electron chi connectivity index (χ4n) is 3.33. The minimum atomic E-state index is -0.681. The van der Waals surface area contributed by atoms with Gasteiger partial charge in [-0.05, 0) is 36.4 Å². The Bertz CT molecular complexity index is 1390. The van der Waals surface area contributed by atoms with Gasteiger partial charge >= 0.3 is 11.9 Å². The lowest BCUT2D eigenvalue weighted by atomic mass is 10.0. The van der Waals surface area contributed by atoms with Gasteiger partial charge in [0, 0.05) is 5.56 Å². The van der Waals surface area contributed by atoms with Crippen LogP contribution >= 0.6 is 0 Å². The van der Waals surface area contributed by atoms with Crippen LogP contribution in [-0.2, 0) is 9.47 Å². The average Bonchev–Trinajstić information content (AvgIpc) is 2.87. The highest BCUT2D eigenvalue weighted by atomic mass is 16.5. The number of aromatic hydroxyl groups is 2. The van der Waals surface area contributed by atoms with E-state index in [0.29, 0.717) is 16.7 Å². The van der Waals surface area contributed by atoms with Crippen molar-refractivity contribution in [2.75, 3.05) is 14.2 Å². The van der Waals surface area contributed by atoms with Gasteiger partial charge in [0.25, 0.3) is 0 Å². The van der Waals surface area contributed by atoms with Crippen LogP contribution in [0.2, 0.25) is 0 Å². The SMILES string of the molecule is COC(=O)c1ccc(-c2nc(-c3ccccc3O)nc(-c3c(O)cccc3C(=O)OC)n2)cc1. The van der Waals surface area contributed by atoms with Crippen LogP contribution in [0.5, 0.6) is 11.5 Å². The molecule has 4 aromatic rings. The van der Waals surface area contributed by atoms with Gasteiger partial charge in [0.1, 0.15) is 11.5 Å². The first-order valence-corrected chi connectivity index (χ1v) is 10.1. The maximum Gasteiger partial charge on any atom is 0.338 e. The van der Waals surface area contributed by atoms with Gasteiger partial charge in [0.2, 0.25) is 0 Å². The van der Waals surface area contributed by atoms with Crippen LogP contribution in [0.1, 0.15) is 20.7 Å². The summed E-state index contributed by atoms with van der Waals surface area (Å²) in [5.41, 5.74) is 1.32. The minimum absolute atomic E-state index is 0.00111. The van der Waals surface area contributed by atoms with Gasteiger partial charge in [0.15, 0.2) is 17.5 Å². The van der Waals surface area contributed by atoms with Crippen molar-refractivity contribution in [3.8, 4) is 45.7 Å². The number of para-hydroxylation sites is 1. The molecule has 0 amide bonds. The molecule has 3 aromatic carbocycles. The van der Waals surface area contributed by atoms with Gasteiger partial charge in [-0.1, -0.05) is 30.3 Å². The number of hydrogen-bond acceptors (Lipinski definition) is 9. The molecule has 0 spiro atoms. The van der Waals surface area contributed by atoms with Crippen molar-refractivity contribution in [2.45, 2.75) is 0 Å². The normalized spacial score (nSPS) is 10.5. The lowest BCUT2D eigenvalue weighted by molar-refractivity contribution is 0.0592. The molecular formula is C25H19N3O6. The van der Waals surface area contributed by atoms with Crippen LogP contribution in [0.3, 0.4) is 0 Å². The average molecular weight is 457 g/mol. The van der Waals surface area contributed by atoms with E-state index in [-0.39, 0.29) is 40.1 Å². The van der Waals surface area contributed by atoms with E-state index in [2.05, 4.69) is 15.0 Å². The maximum absolute atomic E-state index is 12.4. The van der Waals surface area contributed by atoms with E-state index in [1.54, 1.807) is 42.5 Å². The van der Waals surface area contributed by atoms with Gasteiger partial charge in [-0.15, -0.1) is 0 Å². The van der Waals surface area contributed by atoms with Crippen molar-refractivity contribution in [2.24, 2.45) is 0 Å². The molecule has 0 aliphatic carbocycles. The Kier molecular flexibility index (Phi) is 6.18. The lowest BCUT2D eigenvalue weighted by Crippen LogP contribution is -2.07. The third kappa shape index (κ3) is 4.26. The number of rotatable bonds is 5. The van der Waals surface area contributed by atoms with Gasteiger partial charge in [-0.2, -0.15) is 0 Å². The molecule has 34 heavy (non-hydrogen) atoms. The van der Waals surface area contributed by atoms with Crippen molar-refractivity contribution >= 4 is 11.9 Å². The first-order chi connectivity index (χ1) is 16.4. The molecule has 0 fully saturated rings. The Balaban J connectivity index is 1.96. The zero-order valence-electron chi connectivity index (χ0n) is 18.2. The summed E-state index contributed by atoms with van der Waals surface area (Å²) in [6, 6.07) is 17.3. The largest absolute Gasteiger partial charge is 0.507 e. The smallest absolute Gasteiger partial charge is 0.338 e. The summed E-state index contributed by atoms with van der Waals surface area (Å²) in [6.07, 6.45) is 0. The number of nitrogens with zero attached hydrogens (tertiary/aromatic N) is 3. The summed E-state index contributed by atoms with van der Waals surface area (Å²) in [6.45, 7) is 0. The monoisotopic (exact) mass is 457 g/mol. The fraction of sp³-hybridized carbons (Fsp3) is 0.0800. The van der Waals surface area contributed by atoms with Crippen molar-refractivity contribution < 1.29 is 29.3 Å². The molecule has 0 atom stereocenters. The molecule has 1 aromatic heterocycles. The van der Waals surface area contributed by atoms with Gasteiger partial charge in [-0.25, -0.2) is 24.5 Å². The number of benzene rings is 3. The number of carbonyl (C=O) groups excluding carboxylic acids is 2. The van der Waals surface area contributed by atoms with Crippen LogP contribution in [0.4, 0.5) is 0 Å². The summed E-state index contributed by atoms with van der Waals surface area (Å²) >= 11 is 0. The molecule has 0 aliphatic heterocycles. The van der Waals surface area contributed by atoms with Gasteiger partial charge < -0.3 is 19.7 Å². The number of ether oxygens (including phenoxy) is 2. The standard InChI is InChI=1S/C25H19N3O6/c1-33-24(31)15-12-10-14(11-13-15)21-26-22(16-6-3-4-8-18(16)29)28-23(27-21)20-17(25(32)34-2)7-5-9-19(20)30/h3-13,29-30H,1-2H3. The molecule has 0 unspecified atom stereocenters. The Morgan fingerprint density at radius 1 is 0.676 bits per heavy atom. The van der Waals surface area contributed by atoms with E-state index >= 15 is 0 Å². The summed E-state index contributed by atoms with van der Waals surface area (Å²) in [4.78, 5) is 37.5. The highest BCUT2D eigenvalue weighted by Gasteiger charge is 2.22. The zero-order chi connectivity index (χ0) is 24.2. The van der Waals surface area contributed by atoms with Crippen LogP contribution in [0.15, 0.2) is 66.7 Å². The second-order valence-electron chi connectivity index (χ2n) is 7.08. The Hall–Kier alpha value is -4.79. The van der Waals surface area contributed by atoms with E-state index < -0.39 is 11.9 Å².